The summed E-state index contributed by atoms with van der Waals surface area (Å²) in [4.78, 5) is 39.2. The Bertz CT molecular complexity index is 787. The molecule has 3 amide bonds. The number of carbonyl (C=O) groups is 3. The summed E-state index contributed by atoms with van der Waals surface area (Å²) in [5, 5.41) is 9.12. The van der Waals surface area contributed by atoms with Crippen molar-refractivity contribution in [3.63, 3.8) is 0 Å². The van der Waals surface area contributed by atoms with Crippen molar-refractivity contribution in [1.82, 2.24) is 15.5 Å². The lowest BCUT2D eigenvalue weighted by Crippen LogP contribution is -2.51. The highest BCUT2D eigenvalue weighted by Crippen LogP contribution is 2.28. The Morgan fingerprint density at radius 1 is 1.00 bits per heavy atom. The Kier molecular flexibility index (Phi) is 9.51. The molecule has 1 atom stereocenters. The highest BCUT2D eigenvalue weighted by atomic mass is 19.1. The van der Waals surface area contributed by atoms with Gasteiger partial charge in [0.15, 0.2) is 0 Å². The third-order valence-electron chi connectivity index (χ3n) is 6.84. The van der Waals surface area contributed by atoms with Crippen LogP contribution in [0.3, 0.4) is 0 Å². The van der Waals surface area contributed by atoms with Crippen LogP contribution < -0.4 is 16.0 Å². The van der Waals surface area contributed by atoms with Gasteiger partial charge in [-0.1, -0.05) is 32.1 Å². The van der Waals surface area contributed by atoms with Crippen LogP contribution in [0.2, 0.25) is 0 Å². The first kappa shape index (κ1) is 25.0. The number of anilines is 1. The third kappa shape index (κ3) is 8.02. The van der Waals surface area contributed by atoms with Gasteiger partial charge in [-0.3, -0.25) is 14.4 Å². The molecule has 1 saturated heterocycles. The van der Waals surface area contributed by atoms with E-state index >= 15 is 0 Å². The number of rotatable bonds is 9. The molecule has 1 saturated carbocycles. The Morgan fingerprint density at radius 2 is 1.67 bits per heavy atom. The van der Waals surface area contributed by atoms with E-state index in [0.717, 1.165) is 18.5 Å². The first-order valence-electron chi connectivity index (χ1n) is 12.3. The van der Waals surface area contributed by atoms with Gasteiger partial charge in [0, 0.05) is 44.7 Å². The lowest BCUT2D eigenvalue weighted by atomic mass is 9.84. The number of halogens is 1. The van der Waals surface area contributed by atoms with Gasteiger partial charge in [-0.25, -0.2) is 4.39 Å². The van der Waals surface area contributed by atoms with Gasteiger partial charge in [0.25, 0.3) is 0 Å². The van der Waals surface area contributed by atoms with Crippen LogP contribution in [0.4, 0.5) is 10.1 Å². The molecule has 3 N–H and O–H groups in total. The maximum absolute atomic E-state index is 13.0. The number of amides is 3. The summed E-state index contributed by atoms with van der Waals surface area (Å²) in [6.07, 6.45) is 7.72. The highest BCUT2D eigenvalue weighted by molar-refractivity contribution is 5.88. The molecule has 7 nitrogen and oxygen atoms in total. The fourth-order valence-electron chi connectivity index (χ4n) is 4.82. The molecular formula is C25H37FN4O3. The zero-order valence-electron chi connectivity index (χ0n) is 19.6. The minimum absolute atomic E-state index is 0.0395. The zero-order chi connectivity index (χ0) is 23.6. The highest BCUT2D eigenvalue weighted by Gasteiger charge is 2.31. The Labute approximate surface area is 195 Å². The van der Waals surface area contributed by atoms with E-state index < -0.39 is 6.04 Å². The lowest BCUT2D eigenvalue weighted by molar-refractivity contribution is -0.135. The van der Waals surface area contributed by atoms with Crippen molar-refractivity contribution < 1.29 is 18.8 Å². The summed E-state index contributed by atoms with van der Waals surface area (Å²) < 4.78 is 13.0. The standard InChI is InChI=1S/C25H37FN4O3/c1-18(31)30-15-11-20(12-16-30)24(32)29-23(17-19-5-3-2-4-6-19)25(33)28-14-13-27-22-9-7-21(26)8-10-22/h7-10,19-20,23,27H,2-6,11-17H2,1H3,(H,28,33)(H,29,32)/t23-/m0/s1. The van der Waals surface area contributed by atoms with E-state index in [1.165, 1.54) is 31.4 Å². The molecule has 0 unspecified atom stereocenters. The Balaban J connectivity index is 1.50. The average molecular weight is 461 g/mol. The van der Waals surface area contributed by atoms with Crippen LogP contribution >= 0.6 is 0 Å². The molecule has 1 aromatic rings. The topological polar surface area (TPSA) is 90.5 Å². The predicted molar refractivity (Wildman–Crippen MR) is 126 cm³/mol. The van der Waals surface area contributed by atoms with Crippen molar-refractivity contribution in [3.05, 3.63) is 30.1 Å². The molecule has 2 aliphatic rings. The number of benzene rings is 1. The monoisotopic (exact) mass is 460 g/mol. The quantitative estimate of drug-likeness (QED) is 0.494. The molecule has 0 spiro atoms. The minimum Gasteiger partial charge on any atom is -0.383 e. The number of hydrogen-bond acceptors (Lipinski definition) is 4. The van der Waals surface area contributed by atoms with Gasteiger partial charge < -0.3 is 20.9 Å². The molecule has 182 valence electrons. The van der Waals surface area contributed by atoms with Crippen molar-refractivity contribution in [2.45, 2.75) is 64.3 Å². The van der Waals surface area contributed by atoms with E-state index in [-0.39, 0.29) is 29.5 Å². The van der Waals surface area contributed by atoms with Crippen LogP contribution in [0.5, 0.6) is 0 Å². The summed E-state index contributed by atoms with van der Waals surface area (Å²) in [6.45, 7) is 3.63. The molecule has 3 rings (SSSR count). The smallest absolute Gasteiger partial charge is 0.242 e. The van der Waals surface area contributed by atoms with Crippen molar-refractivity contribution in [3.8, 4) is 0 Å². The number of hydrogen-bond donors (Lipinski definition) is 3. The van der Waals surface area contributed by atoms with Crippen LogP contribution in [-0.2, 0) is 14.4 Å². The van der Waals surface area contributed by atoms with Crippen LogP contribution in [0, 0.1) is 17.7 Å². The second kappa shape index (κ2) is 12.6. The maximum atomic E-state index is 13.0. The molecule has 1 aromatic carbocycles. The molecule has 1 heterocycles. The minimum atomic E-state index is -0.544. The summed E-state index contributed by atoms with van der Waals surface area (Å²) in [6, 6.07) is 5.54. The van der Waals surface area contributed by atoms with Crippen LogP contribution in [0.1, 0.15) is 58.3 Å². The summed E-state index contributed by atoms with van der Waals surface area (Å²) in [5.41, 5.74) is 0.787. The second-order valence-corrected chi connectivity index (χ2v) is 9.31. The molecule has 33 heavy (non-hydrogen) atoms. The van der Waals surface area contributed by atoms with Crippen LogP contribution in [-0.4, -0.2) is 54.8 Å². The molecule has 8 heteroatoms. The normalized spacial score (nSPS) is 18.4. The van der Waals surface area contributed by atoms with Gasteiger partial charge in [-0.2, -0.15) is 0 Å². The number of carbonyl (C=O) groups excluding carboxylic acids is 3. The van der Waals surface area contributed by atoms with E-state index in [1.807, 2.05) is 0 Å². The number of piperidine rings is 1. The predicted octanol–water partition coefficient (Wildman–Crippen LogP) is 3.07. The first-order chi connectivity index (χ1) is 15.9. The number of nitrogens with zero attached hydrogens (tertiary/aromatic N) is 1. The molecular weight excluding hydrogens is 423 g/mol. The first-order valence-corrected chi connectivity index (χ1v) is 12.3. The summed E-state index contributed by atoms with van der Waals surface area (Å²) >= 11 is 0. The van der Waals surface area contributed by atoms with E-state index in [2.05, 4.69) is 16.0 Å². The van der Waals surface area contributed by atoms with E-state index in [0.29, 0.717) is 51.4 Å². The number of likely N-dealkylation sites (tertiary alicyclic amines) is 1. The van der Waals surface area contributed by atoms with Gasteiger partial charge in [0.05, 0.1) is 0 Å². The SMILES string of the molecule is CC(=O)N1CCC(C(=O)N[C@@H](CC2CCCCC2)C(=O)NCCNc2ccc(F)cc2)CC1. The van der Waals surface area contributed by atoms with Gasteiger partial charge in [0.2, 0.25) is 17.7 Å². The summed E-state index contributed by atoms with van der Waals surface area (Å²) in [5.74, 6) is -0.205. The number of nitrogens with one attached hydrogen (secondary N) is 3. The van der Waals surface area contributed by atoms with Crippen LogP contribution in [0.25, 0.3) is 0 Å². The molecule has 0 bridgehead atoms. The molecule has 1 aliphatic heterocycles. The van der Waals surface area contributed by atoms with Gasteiger partial charge in [-0.05, 0) is 49.4 Å². The fraction of sp³-hybridized carbons (Fsp3) is 0.640. The average Bonchev–Trinajstić information content (AvgIpc) is 2.83. The largest absolute Gasteiger partial charge is 0.383 e. The van der Waals surface area contributed by atoms with Gasteiger partial charge in [-0.15, -0.1) is 0 Å². The van der Waals surface area contributed by atoms with Crippen molar-refractivity contribution >= 4 is 23.4 Å². The maximum Gasteiger partial charge on any atom is 0.242 e. The Morgan fingerprint density at radius 3 is 2.30 bits per heavy atom. The van der Waals surface area contributed by atoms with E-state index in [9.17, 15) is 18.8 Å². The fourth-order valence-corrected chi connectivity index (χ4v) is 4.82. The van der Waals surface area contributed by atoms with Gasteiger partial charge >= 0.3 is 0 Å². The third-order valence-corrected chi connectivity index (χ3v) is 6.84. The second-order valence-electron chi connectivity index (χ2n) is 9.31. The van der Waals surface area contributed by atoms with E-state index in [4.69, 9.17) is 0 Å². The summed E-state index contributed by atoms with van der Waals surface area (Å²) in [7, 11) is 0. The molecule has 0 aromatic heterocycles. The zero-order valence-corrected chi connectivity index (χ0v) is 19.6. The lowest BCUT2D eigenvalue weighted by Gasteiger charge is -2.32. The van der Waals surface area contributed by atoms with Crippen molar-refractivity contribution in [2.24, 2.45) is 11.8 Å². The van der Waals surface area contributed by atoms with Crippen molar-refractivity contribution in [1.29, 1.82) is 0 Å². The van der Waals surface area contributed by atoms with Gasteiger partial charge in [0.1, 0.15) is 11.9 Å². The van der Waals surface area contributed by atoms with Crippen molar-refractivity contribution in [2.75, 3.05) is 31.5 Å². The van der Waals surface area contributed by atoms with Crippen LogP contribution in [0.15, 0.2) is 24.3 Å². The molecule has 1 aliphatic carbocycles. The Hall–Kier alpha value is -2.64. The molecule has 2 fully saturated rings. The van der Waals surface area contributed by atoms with E-state index in [1.54, 1.807) is 24.0 Å². The molecule has 0 radical (unpaired) electrons.